The molecular formula is C26H24F3N7O. The van der Waals surface area contributed by atoms with E-state index in [1.807, 2.05) is 24.8 Å². The molecule has 0 bridgehead atoms. The van der Waals surface area contributed by atoms with Crippen molar-refractivity contribution in [2.24, 2.45) is 0 Å². The van der Waals surface area contributed by atoms with Crippen molar-refractivity contribution >= 4 is 50.9 Å². The van der Waals surface area contributed by atoms with Gasteiger partial charge in [0, 0.05) is 24.2 Å². The van der Waals surface area contributed by atoms with Crippen LogP contribution in [0, 0.1) is 0 Å². The number of carbonyl (C=O) groups excluding carboxylic acids is 1. The van der Waals surface area contributed by atoms with E-state index >= 15 is 0 Å². The number of anilines is 4. The summed E-state index contributed by atoms with van der Waals surface area (Å²) in [5, 5.41) is 13.5. The van der Waals surface area contributed by atoms with E-state index < -0.39 is 11.7 Å². The number of imidazole rings is 1. The van der Waals surface area contributed by atoms with E-state index in [1.165, 1.54) is 18.2 Å². The predicted octanol–water partition coefficient (Wildman–Crippen LogP) is 6.30. The van der Waals surface area contributed by atoms with Crippen molar-refractivity contribution in [3.8, 4) is 0 Å². The van der Waals surface area contributed by atoms with Crippen LogP contribution in [0.15, 0.2) is 60.8 Å². The Bertz CT molecular complexity index is 1580. The third-order valence-corrected chi connectivity index (χ3v) is 6.13. The molecule has 5 aromatic rings. The maximum absolute atomic E-state index is 13.4. The number of nitrogens with one attached hydrogen (secondary N) is 4. The van der Waals surface area contributed by atoms with Gasteiger partial charge in [-0.1, -0.05) is 12.1 Å². The van der Waals surface area contributed by atoms with Gasteiger partial charge in [-0.15, -0.1) is 0 Å². The highest BCUT2D eigenvalue weighted by molar-refractivity contribution is 6.11. The molecule has 190 valence electrons. The van der Waals surface area contributed by atoms with Crippen LogP contribution in [0.25, 0.3) is 21.9 Å². The Morgan fingerprint density at radius 1 is 1.03 bits per heavy atom. The van der Waals surface area contributed by atoms with Crippen LogP contribution in [0.4, 0.5) is 36.2 Å². The van der Waals surface area contributed by atoms with Crippen LogP contribution in [-0.4, -0.2) is 39.2 Å². The second kappa shape index (κ2) is 9.49. The number of benzene rings is 3. The summed E-state index contributed by atoms with van der Waals surface area (Å²) in [4.78, 5) is 22.9. The number of hydrogen-bond acceptors (Lipinski definition) is 5. The van der Waals surface area contributed by atoms with Gasteiger partial charge in [-0.25, -0.2) is 4.98 Å². The van der Waals surface area contributed by atoms with Gasteiger partial charge >= 0.3 is 6.18 Å². The Balaban J connectivity index is 1.52. The second-order valence-electron chi connectivity index (χ2n) is 8.44. The van der Waals surface area contributed by atoms with Crippen LogP contribution >= 0.6 is 0 Å². The van der Waals surface area contributed by atoms with Crippen molar-refractivity contribution in [3.05, 3.63) is 71.9 Å². The number of rotatable bonds is 7. The number of aromatic amines is 2. The Labute approximate surface area is 209 Å². The van der Waals surface area contributed by atoms with Crippen molar-refractivity contribution in [1.82, 2.24) is 20.2 Å². The summed E-state index contributed by atoms with van der Waals surface area (Å²) >= 11 is 0. The molecule has 37 heavy (non-hydrogen) atoms. The molecule has 2 aromatic heterocycles. The number of aromatic nitrogens is 4. The van der Waals surface area contributed by atoms with Gasteiger partial charge in [-0.2, -0.15) is 18.3 Å². The number of para-hydroxylation sites is 1. The predicted molar refractivity (Wildman–Crippen MR) is 138 cm³/mol. The summed E-state index contributed by atoms with van der Waals surface area (Å²) in [7, 11) is 0. The number of H-pyrrole nitrogens is 2. The summed E-state index contributed by atoms with van der Waals surface area (Å²) in [6.45, 7) is 5.26. The van der Waals surface area contributed by atoms with Gasteiger partial charge in [0.05, 0.1) is 45.2 Å². The first-order valence-electron chi connectivity index (χ1n) is 11.7. The fraction of sp³-hybridized carbons (Fsp3) is 0.192. The molecule has 8 nitrogen and oxygen atoms in total. The molecule has 0 spiro atoms. The number of nitrogens with zero attached hydrogens (tertiary/aromatic N) is 3. The van der Waals surface area contributed by atoms with Crippen LogP contribution in [0.2, 0.25) is 0 Å². The van der Waals surface area contributed by atoms with E-state index in [0.717, 1.165) is 17.0 Å². The lowest BCUT2D eigenvalue weighted by Crippen LogP contribution is -2.25. The van der Waals surface area contributed by atoms with E-state index in [-0.39, 0.29) is 17.5 Å². The van der Waals surface area contributed by atoms with Crippen LogP contribution in [0.1, 0.15) is 29.8 Å². The number of amides is 1. The average Bonchev–Trinajstić information content (AvgIpc) is 3.49. The van der Waals surface area contributed by atoms with E-state index in [0.29, 0.717) is 41.1 Å². The zero-order valence-electron chi connectivity index (χ0n) is 20.1. The minimum absolute atomic E-state index is 0.120. The first-order chi connectivity index (χ1) is 17.8. The number of alkyl halides is 3. The highest BCUT2D eigenvalue weighted by Gasteiger charge is 2.33. The Kier molecular flexibility index (Phi) is 6.20. The molecule has 0 aliphatic heterocycles. The molecule has 1 amide bonds. The average molecular weight is 508 g/mol. The minimum atomic E-state index is -4.52. The Morgan fingerprint density at radius 3 is 2.57 bits per heavy atom. The summed E-state index contributed by atoms with van der Waals surface area (Å²) in [6, 6.07) is 14.1. The summed E-state index contributed by atoms with van der Waals surface area (Å²) in [6.07, 6.45) is -2.82. The maximum atomic E-state index is 13.4. The number of halogens is 3. The van der Waals surface area contributed by atoms with Crippen LogP contribution < -0.4 is 15.5 Å². The van der Waals surface area contributed by atoms with Gasteiger partial charge in [0.25, 0.3) is 5.91 Å². The molecule has 0 aliphatic rings. The molecule has 0 fully saturated rings. The quantitative estimate of drug-likeness (QED) is 0.207. The van der Waals surface area contributed by atoms with Crippen molar-refractivity contribution in [3.63, 3.8) is 0 Å². The molecule has 3 aromatic carbocycles. The molecule has 0 atom stereocenters. The van der Waals surface area contributed by atoms with Crippen LogP contribution in [-0.2, 0) is 6.18 Å². The molecule has 0 saturated carbocycles. The third kappa shape index (κ3) is 4.80. The molecule has 0 unspecified atom stereocenters. The lowest BCUT2D eigenvalue weighted by Gasteiger charge is -2.23. The van der Waals surface area contributed by atoms with Crippen molar-refractivity contribution in [1.29, 1.82) is 0 Å². The van der Waals surface area contributed by atoms with E-state index in [2.05, 4.69) is 30.8 Å². The van der Waals surface area contributed by atoms with Gasteiger partial charge in [-0.05, 0) is 56.3 Å². The summed E-state index contributed by atoms with van der Waals surface area (Å²) in [5.74, 6) is -0.186. The molecule has 0 aliphatic carbocycles. The monoisotopic (exact) mass is 507 g/mol. The van der Waals surface area contributed by atoms with Crippen LogP contribution in [0.3, 0.4) is 0 Å². The zero-order chi connectivity index (χ0) is 26.2. The molecule has 5 rings (SSSR count). The Morgan fingerprint density at radius 2 is 1.81 bits per heavy atom. The van der Waals surface area contributed by atoms with Crippen molar-refractivity contribution < 1.29 is 18.0 Å². The SMILES string of the molecule is CCN(CC)c1cc2nc(Nc3ccccc3C(F)(F)F)[nH]c2cc1C(=O)Nc1ccc2cn[nH]c2c1. The van der Waals surface area contributed by atoms with Gasteiger partial charge < -0.3 is 20.5 Å². The molecule has 4 N–H and O–H groups in total. The van der Waals surface area contributed by atoms with E-state index in [1.54, 1.807) is 30.5 Å². The number of fused-ring (bicyclic) bond motifs is 2. The van der Waals surface area contributed by atoms with Crippen molar-refractivity contribution in [2.75, 3.05) is 28.6 Å². The standard InChI is InChI=1S/C26H24F3N7O/c1-3-36(4-2)23-13-22-21(33-25(34-22)32-19-8-6-5-7-18(19)26(27,28)29)12-17(23)24(37)31-16-10-9-15-14-30-35-20(15)11-16/h5-14H,3-4H2,1-2H3,(H,30,35)(H,31,37)(H2,32,33,34). The molecular weight excluding hydrogens is 483 g/mol. The molecule has 11 heteroatoms. The van der Waals surface area contributed by atoms with Crippen LogP contribution in [0.5, 0.6) is 0 Å². The topological polar surface area (TPSA) is 102 Å². The summed E-state index contributed by atoms with van der Waals surface area (Å²) < 4.78 is 40.3. The lowest BCUT2D eigenvalue weighted by atomic mass is 10.1. The van der Waals surface area contributed by atoms with E-state index in [9.17, 15) is 18.0 Å². The fourth-order valence-electron chi connectivity index (χ4n) is 4.29. The Hall–Kier alpha value is -4.54. The second-order valence-corrected chi connectivity index (χ2v) is 8.44. The van der Waals surface area contributed by atoms with Gasteiger partial charge in [0.15, 0.2) is 0 Å². The molecule has 2 heterocycles. The highest BCUT2D eigenvalue weighted by atomic mass is 19.4. The maximum Gasteiger partial charge on any atom is 0.418 e. The van der Waals surface area contributed by atoms with Crippen molar-refractivity contribution in [2.45, 2.75) is 20.0 Å². The van der Waals surface area contributed by atoms with Gasteiger partial charge in [0.1, 0.15) is 0 Å². The fourth-order valence-corrected chi connectivity index (χ4v) is 4.29. The zero-order valence-corrected chi connectivity index (χ0v) is 20.1. The molecule has 0 saturated heterocycles. The van der Waals surface area contributed by atoms with Gasteiger partial charge in [-0.3, -0.25) is 9.89 Å². The number of hydrogen-bond donors (Lipinski definition) is 4. The minimum Gasteiger partial charge on any atom is -0.371 e. The normalized spacial score (nSPS) is 11.7. The molecule has 0 radical (unpaired) electrons. The largest absolute Gasteiger partial charge is 0.418 e. The summed E-state index contributed by atoms with van der Waals surface area (Å²) in [5.41, 5.74) is 2.59. The first-order valence-corrected chi connectivity index (χ1v) is 11.7. The smallest absolute Gasteiger partial charge is 0.371 e. The first kappa shape index (κ1) is 24.2. The lowest BCUT2D eigenvalue weighted by molar-refractivity contribution is -0.136. The van der Waals surface area contributed by atoms with Gasteiger partial charge in [0.2, 0.25) is 5.95 Å². The third-order valence-electron chi connectivity index (χ3n) is 6.13. The highest BCUT2D eigenvalue weighted by Crippen LogP contribution is 2.36. The van der Waals surface area contributed by atoms with E-state index in [4.69, 9.17) is 0 Å². The number of carbonyl (C=O) groups is 1.